The van der Waals surface area contributed by atoms with Crippen LogP contribution in [-0.2, 0) is 22.3 Å². The molecule has 0 spiro atoms. The maximum Gasteiger partial charge on any atom is 0.319 e. The summed E-state index contributed by atoms with van der Waals surface area (Å²) in [5.41, 5.74) is 4.03. The predicted molar refractivity (Wildman–Crippen MR) is 110 cm³/mol. The Bertz CT molecular complexity index is 1080. The summed E-state index contributed by atoms with van der Waals surface area (Å²) in [4.78, 5) is 0. The molecule has 1 atom stereocenters. The Kier molecular flexibility index (Phi) is 5.36. The van der Waals surface area contributed by atoms with E-state index in [-0.39, 0.29) is 42.1 Å². The number of nitrogens with zero attached hydrogens (tertiary/aromatic N) is 3. The number of aromatic hydroxyl groups is 3. The van der Waals surface area contributed by atoms with Gasteiger partial charge in [0.15, 0.2) is 5.82 Å². The first-order valence-electron chi connectivity index (χ1n) is 9.82. The van der Waals surface area contributed by atoms with Gasteiger partial charge >= 0.3 is 6.01 Å². The molecule has 1 aliphatic rings. The van der Waals surface area contributed by atoms with Gasteiger partial charge in [-0.2, -0.15) is 0 Å². The maximum atomic E-state index is 10.5. The standard InChI is InChI=1S/C22H25N3O5/c1-12(2)17-9-18(20(27)10-19(17)26)21-23-24-22(28)25(21)15-5-4-13-7-16(30-11-29-3)8-14(13)6-15/h4-6,9-10,12,16,26-27H,7-8,11H2,1-3H3,(H,24,28). The quantitative estimate of drug-likeness (QED) is 0.534. The molecular weight excluding hydrogens is 386 g/mol. The van der Waals surface area contributed by atoms with Crippen molar-refractivity contribution in [1.82, 2.24) is 14.8 Å². The van der Waals surface area contributed by atoms with Crippen LogP contribution in [0.5, 0.6) is 17.5 Å². The molecule has 1 aliphatic carbocycles. The third kappa shape index (κ3) is 3.59. The van der Waals surface area contributed by atoms with Gasteiger partial charge in [-0.25, -0.2) is 4.57 Å². The van der Waals surface area contributed by atoms with Crippen molar-refractivity contribution in [2.75, 3.05) is 13.9 Å². The SMILES string of the molecule is COCOC1Cc2ccc(-n3c(O)nnc3-c3cc(C(C)C)c(O)cc3O)cc2C1. The number of aromatic nitrogens is 3. The Hall–Kier alpha value is -3.10. The molecule has 0 fully saturated rings. The number of methoxy groups -OCH3 is 1. The van der Waals surface area contributed by atoms with Crippen molar-refractivity contribution in [3.63, 3.8) is 0 Å². The van der Waals surface area contributed by atoms with Gasteiger partial charge in [-0.3, -0.25) is 0 Å². The first-order chi connectivity index (χ1) is 14.4. The van der Waals surface area contributed by atoms with E-state index in [0.29, 0.717) is 16.8 Å². The van der Waals surface area contributed by atoms with Crippen molar-refractivity contribution >= 4 is 0 Å². The summed E-state index contributed by atoms with van der Waals surface area (Å²) in [7, 11) is 1.60. The largest absolute Gasteiger partial charge is 0.508 e. The summed E-state index contributed by atoms with van der Waals surface area (Å²) in [6, 6.07) is 8.54. The molecule has 1 unspecified atom stereocenters. The number of hydrogen-bond acceptors (Lipinski definition) is 7. The number of phenolic OH excluding ortho intramolecular Hbond substituents is 2. The lowest BCUT2D eigenvalue weighted by molar-refractivity contribution is -0.0675. The van der Waals surface area contributed by atoms with E-state index in [4.69, 9.17) is 9.47 Å². The Balaban J connectivity index is 1.75. The van der Waals surface area contributed by atoms with Crippen LogP contribution in [0.25, 0.3) is 17.1 Å². The summed E-state index contributed by atoms with van der Waals surface area (Å²) in [6.07, 6.45) is 1.60. The van der Waals surface area contributed by atoms with Gasteiger partial charge in [0, 0.05) is 13.2 Å². The summed E-state index contributed by atoms with van der Waals surface area (Å²) in [5, 5.41) is 38.9. The molecular formula is C22H25N3O5. The predicted octanol–water partition coefficient (Wildman–Crippen LogP) is 3.26. The van der Waals surface area contributed by atoms with Crippen molar-refractivity contribution in [2.45, 2.75) is 38.7 Å². The van der Waals surface area contributed by atoms with Gasteiger partial charge in [0.2, 0.25) is 0 Å². The van der Waals surface area contributed by atoms with E-state index < -0.39 is 0 Å². The van der Waals surface area contributed by atoms with Crippen LogP contribution in [0.2, 0.25) is 0 Å². The molecule has 3 N–H and O–H groups in total. The van der Waals surface area contributed by atoms with Gasteiger partial charge in [0.05, 0.1) is 17.4 Å². The van der Waals surface area contributed by atoms with E-state index in [1.54, 1.807) is 13.2 Å². The fourth-order valence-corrected chi connectivity index (χ4v) is 3.91. The second kappa shape index (κ2) is 7.97. The second-order valence-electron chi connectivity index (χ2n) is 7.80. The fourth-order valence-electron chi connectivity index (χ4n) is 3.91. The molecule has 3 aromatic rings. The molecule has 0 amide bonds. The van der Waals surface area contributed by atoms with E-state index in [1.165, 1.54) is 16.2 Å². The van der Waals surface area contributed by atoms with Crippen LogP contribution < -0.4 is 0 Å². The molecule has 1 aromatic heterocycles. The Labute approximate surface area is 174 Å². The van der Waals surface area contributed by atoms with E-state index in [2.05, 4.69) is 10.2 Å². The molecule has 1 heterocycles. The molecule has 0 saturated carbocycles. The molecule has 8 nitrogen and oxygen atoms in total. The maximum absolute atomic E-state index is 10.5. The lowest BCUT2D eigenvalue weighted by Crippen LogP contribution is -2.14. The van der Waals surface area contributed by atoms with Gasteiger partial charge in [-0.1, -0.05) is 25.0 Å². The number of rotatable bonds is 6. The van der Waals surface area contributed by atoms with Crippen LogP contribution in [-0.4, -0.2) is 50.1 Å². The lowest BCUT2D eigenvalue weighted by atomic mass is 9.98. The highest BCUT2D eigenvalue weighted by molar-refractivity contribution is 5.70. The van der Waals surface area contributed by atoms with Gasteiger partial charge in [0.1, 0.15) is 18.3 Å². The van der Waals surface area contributed by atoms with Crippen LogP contribution in [0.1, 0.15) is 36.5 Å². The monoisotopic (exact) mass is 411 g/mol. The Morgan fingerprint density at radius 2 is 1.80 bits per heavy atom. The highest BCUT2D eigenvalue weighted by atomic mass is 16.7. The first-order valence-corrected chi connectivity index (χ1v) is 9.82. The first kappa shape index (κ1) is 20.2. The summed E-state index contributed by atoms with van der Waals surface area (Å²) < 4.78 is 12.2. The Morgan fingerprint density at radius 3 is 2.53 bits per heavy atom. The number of hydrogen-bond donors (Lipinski definition) is 3. The van der Waals surface area contributed by atoms with Crippen LogP contribution >= 0.6 is 0 Å². The second-order valence-corrected chi connectivity index (χ2v) is 7.80. The number of ether oxygens (including phenoxy) is 2. The molecule has 0 aliphatic heterocycles. The number of benzene rings is 2. The van der Waals surface area contributed by atoms with E-state index >= 15 is 0 Å². The minimum absolute atomic E-state index is 0.0150. The summed E-state index contributed by atoms with van der Waals surface area (Å²) in [5.74, 6) is 0.205. The molecule has 158 valence electrons. The smallest absolute Gasteiger partial charge is 0.319 e. The topological polar surface area (TPSA) is 110 Å². The van der Waals surface area contributed by atoms with Crippen molar-refractivity contribution in [1.29, 1.82) is 0 Å². The van der Waals surface area contributed by atoms with E-state index in [9.17, 15) is 15.3 Å². The zero-order chi connectivity index (χ0) is 21.4. The third-order valence-corrected chi connectivity index (χ3v) is 5.42. The molecule has 0 radical (unpaired) electrons. The van der Waals surface area contributed by atoms with Crippen molar-refractivity contribution < 1.29 is 24.8 Å². The molecule has 0 saturated heterocycles. The van der Waals surface area contributed by atoms with Gasteiger partial charge in [0.25, 0.3) is 0 Å². The van der Waals surface area contributed by atoms with E-state index in [0.717, 1.165) is 18.4 Å². The van der Waals surface area contributed by atoms with Crippen LogP contribution in [0.3, 0.4) is 0 Å². The van der Waals surface area contributed by atoms with Crippen LogP contribution in [0, 0.1) is 0 Å². The Morgan fingerprint density at radius 1 is 1.03 bits per heavy atom. The zero-order valence-corrected chi connectivity index (χ0v) is 17.2. The number of phenols is 2. The zero-order valence-electron chi connectivity index (χ0n) is 17.2. The van der Waals surface area contributed by atoms with Gasteiger partial charge in [-0.15, -0.1) is 5.10 Å². The van der Waals surface area contributed by atoms with Crippen molar-refractivity contribution in [2.24, 2.45) is 0 Å². The van der Waals surface area contributed by atoms with Crippen LogP contribution in [0.4, 0.5) is 0 Å². The van der Waals surface area contributed by atoms with Gasteiger partial charge < -0.3 is 24.8 Å². The van der Waals surface area contributed by atoms with E-state index in [1.807, 2.05) is 32.0 Å². The molecule has 0 bridgehead atoms. The van der Waals surface area contributed by atoms with Crippen molar-refractivity contribution in [3.8, 4) is 34.6 Å². The highest BCUT2D eigenvalue weighted by Crippen LogP contribution is 2.39. The third-order valence-electron chi connectivity index (χ3n) is 5.42. The van der Waals surface area contributed by atoms with Crippen molar-refractivity contribution in [3.05, 3.63) is 47.0 Å². The minimum Gasteiger partial charge on any atom is -0.508 e. The van der Waals surface area contributed by atoms with Gasteiger partial charge in [-0.05, 0) is 53.6 Å². The number of fused-ring (bicyclic) bond motifs is 1. The lowest BCUT2D eigenvalue weighted by Gasteiger charge is -2.14. The average Bonchev–Trinajstić information content (AvgIpc) is 3.28. The summed E-state index contributed by atoms with van der Waals surface area (Å²) >= 11 is 0. The molecule has 30 heavy (non-hydrogen) atoms. The normalized spacial score (nSPS) is 15.7. The highest BCUT2D eigenvalue weighted by Gasteiger charge is 2.25. The average molecular weight is 411 g/mol. The molecule has 2 aromatic carbocycles. The minimum atomic E-state index is -0.284. The molecule has 8 heteroatoms. The fraction of sp³-hybridized carbons (Fsp3) is 0.364. The molecule has 4 rings (SSSR count). The summed E-state index contributed by atoms with van der Waals surface area (Å²) in [6.45, 7) is 4.14. The van der Waals surface area contributed by atoms with Crippen LogP contribution in [0.15, 0.2) is 30.3 Å².